The minimum Gasteiger partial charge on any atom is -0.480 e. The van der Waals surface area contributed by atoms with Crippen LogP contribution in [-0.2, 0) is 9.53 Å². The molecule has 116 valence electrons. The zero-order chi connectivity index (χ0) is 15.8. The first-order valence-electron chi connectivity index (χ1n) is 6.98. The summed E-state index contributed by atoms with van der Waals surface area (Å²) in [6, 6.07) is -0.839. The number of likely N-dealkylation sites (N-methyl/N-ethyl adjacent to an activating group) is 1. The van der Waals surface area contributed by atoms with Crippen molar-refractivity contribution >= 4 is 12.1 Å². The van der Waals surface area contributed by atoms with Crippen molar-refractivity contribution in [2.45, 2.75) is 64.5 Å². The van der Waals surface area contributed by atoms with Gasteiger partial charge in [0.1, 0.15) is 11.6 Å². The fourth-order valence-electron chi connectivity index (χ4n) is 1.75. The van der Waals surface area contributed by atoms with Gasteiger partial charge in [0.15, 0.2) is 0 Å². The molecule has 5 nitrogen and oxygen atoms in total. The van der Waals surface area contributed by atoms with E-state index in [-0.39, 0.29) is 0 Å². The molecular weight excluding hydrogens is 258 g/mol. The molecule has 0 spiro atoms. The molecule has 1 N–H and O–H groups in total. The molecular formula is C15H27NO4. The highest BCUT2D eigenvalue weighted by molar-refractivity contribution is 5.79. The average molecular weight is 285 g/mol. The van der Waals surface area contributed by atoms with Crippen molar-refractivity contribution in [2.75, 3.05) is 7.05 Å². The van der Waals surface area contributed by atoms with Crippen molar-refractivity contribution in [3.63, 3.8) is 0 Å². The highest BCUT2D eigenvalue weighted by atomic mass is 16.6. The van der Waals surface area contributed by atoms with Gasteiger partial charge >= 0.3 is 12.1 Å². The molecule has 0 aliphatic carbocycles. The summed E-state index contributed by atoms with van der Waals surface area (Å²) in [7, 11) is 1.47. The van der Waals surface area contributed by atoms with Gasteiger partial charge in [-0.3, -0.25) is 4.90 Å². The van der Waals surface area contributed by atoms with E-state index in [0.717, 1.165) is 25.7 Å². The lowest BCUT2D eigenvalue weighted by atomic mass is 10.1. The number of amides is 1. The Morgan fingerprint density at radius 3 is 2.35 bits per heavy atom. The second kappa shape index (κ2) is 8.61. The molecule has 0 radical (unpaired) electrons. The number of hydrogen-bond acceptors (Lipinski definition) is 3. The van der Waals surface area contributed by atoms with E-state index >= 15 is 0 Å². The molecule has 1 atom stereocenters. The van der Waals surface area contributed by atoms with Gasteiger partial charge in [-0.2, -0.15) is 0 Å². The van der Waals surface area contributed by atoms with Gasteiger partial charge in [-0.05, 0) is 40.0 Å². The lowest BCUT2D eigenvalue weighted by molar-refractivity contribution is -0.143. The maximum Gasteiger partial charge on any atom is 0.410 e. The lowest BCUT2D eigenvalue weighted by Crippen LogP contribution is -2.44. The largest absolute Gasteiger partial charge is 0.480 e. The van der Waals surface area contributed by atoms with E-state index in [0.29, 0.717) is 6.42 Å². The number of aliphatic carboxylic acids is 1. The minimum atomic E-state index is -0.998. The van der Waals surface area contributed by atoms with Crippen LogP contribution in [0.3, 0.4) is 0 Å². The number of carboxylic acids is 1. The summed E-state index contributed by atoms with van der Waals surface area (Å²) in [5.41, 5.74) is -0.627. The Hall–Kier alpha value is -1.52. The maximum absolute atomic E-state index is 11.9. The molecule has 0 aliphatic heterocycles. The van der Waals surface area contributed by atoms with Crippen LogP contribution >= 0.6 is 0 Å². The van der Waals surface area contributed by atoms with E-state index in [2.05, 4.69) is 6.58 Å². The maximum atomic E-state index is 11.9. The Balaban J connectivity index is 4.39. The third-order valence-electron chi connectivity index (χ3n) is 2.82. The molecule has 0 aliphatic rings. The molecule has 0 aromatic heterocycles. The molecule has 0 bridgehead atoms. The fraction of sp³-hybridized carbons (Fsp3) is 0.733. The molecule has 0 fully saturated rings. The zero-order valence-corrected chi connectivity index (χ0v) is 13.0. The number of allylic oxidation sites excluding steroid dienone is 1. The molecule has 0 saturated carbocycles. The summed E-state index contributed by atoms with van der Waals surface area (Å²) in [5.74, 6) is -0.998. The molecule has 0 unspecified atom stereocenters. The van der Waals surface area contributed by atoms with Crippen molar-refractivity contribution in [3.8, 4) is 0 Å². The lowest BCUT2D eigenvalue weighted by Gasteiger charge is -2.28. The minimum absolute atomic E-state index is 0.433. The molecule has 20 heavy (non-hydrogen) atoms. The van der Waals surface area contributed by atoms with Crippen molar-refractivity contribution in [1.82, 2.24) is 4.90 Å². The first-order chi connectivity index (χ1) is 9.19. The van der Waals surface area contributed by atoms with E-state index in [9.17, 15) is 14.7 Å². The summed E-state index contributed by atoms with van der Waals surface area (Å²) in [6.07, 6.45) is 5.29. The summed E-state index contributed by atoms with van der Waals surface area (Å²) in [5, 5.41) is 9.23. The Labute approximate surface area is 121 Å². The van der Waals surface area contributed by atoms with E-state index in [1.807, 2.05) is 6.08 Å². The highest BCUT2D eigenvalue weighted by Crippen LogP contribution is 2.15. The van der Waals surface area contributed by atoms with Crippen LogP contribution in [0.25, 0.3) is 0 Å². The Bertz CT molecular complexity index is 333. The zero-order valence-electron chi connectivity index (χ0n) is 13.0. The predicted molar refractivity (Wildman–Crippen MR) is 78.7 cm³/mol. The van der Waals surface area contributed by atoms with Crippen molar-refractivity contribution < 1.29 is 19.4 Å². The highest BCUT2D eigenvalue weighted by Gasteiger charge is 2.29. The number of unbranched alkanes of at least 4 members (excludes halogenated alkanes) is 3. The van der Waals surface area contributed by atoms with Gasteiger partial charge in [-0.1, -0.05) is 18.9 Å². The van der Waals surface area contributed by atoms with Crippen LogP contribution in [0.1, 0.15) is 52.9 Å². The topological polar surface area (TPSA) is 66.8 Å². The van der Waals surface area contributed by atoms with Gasteiger partial charge in [0.25, 0.3) is 0 Å². The monoisotopic (exact) mass is 285 g/mol. The average Bonchev–Trinajstić information content (AvgIpc) is 2.30. The van der Waals surface area contributed by atoms with Crippen molar-refractivity contribution in [2.24, 2.45) is 0 Å². The first kappa shape index (κ1) is 18.5. The van der Waals surface area contributed by atoms with Crippen LogP contribution in [0, 0.1) is 0 Å². The number of carboxylic acid groups (broad SMARTS) is 1. The first-order valence-corrected chi connectivity index (χ1v) is 6.98. The van der Waals surface area contributed by atoms with Gasteiger partial charge in [-0.15, -0.1) is 6.58 Å². The third kappa shape index (κ3) is 7.81. The van der Waals surface area contributed by atoms with E-state index < -0.39 is 23.7 Å². The predicted octanol–water partition coefficient (Wildman–Crippen LogP) is 3.44. The molecule has 0 rings (SSSR count). The number of ether oxygens (including phenoxy) is 1. The van der Waals surface area contributed by atoms with E-state index in [1.54, 1.807) is 20.8 Å². The smallest absolute Gasteiger partial charge is 0.410 e. The Morgan fingerprint density at radius 2 is 1.90 bits per heavy atom. The summed E-state index contributed by atoms with van der Waals surface area (Å²) in [4.78, 5) is 24.3. The Morgan fingerprint density at radius 1 is 1.30 bits per heavy atom. The third-order valence-corrected chi connectivity index (χ3v) is 2.82. The van der Waals surface area contributed by atoms with Gasteiger partial charge in [-0.25, -0.2) is 9.59 Å². The summed E-state index contributed by atoms with van der Waals surface area (Å²) < 4.78 is 5.19. The normalized spacial score (nSPS) is 12.6. The fourth-order valence-corrected chi connectivity index (χ4v) is 1.75. The number of carbonyl (C=O) groups is 2. The molecule has 5 heteroatoms. The van der Waals surface area contributed by atoms with Gasteiger partial charge in [0.05, 0.1) is 0 Å². The number of nitrogens with zero attached hydrogens (tertiary/aromatic N) is 1. The van der Waals surface area contributed by atoms with Gasteiger partial charge < -0.3 is 9.84 Å². The van der Waals surface area contributed by atoms with Crippen LogP contribution in [0.15, 0.2) is 12.7 Å². The van der Waals surface area contributed by atoms with Gasteiger partial charge in [0, 0.05) is 7.05 Å². The SMILES string of the molecule is C=CCCCCC[C@@H](C(=O)O)N(C)C(=O)OC(C)(C)C. The second-order valence-corrected chi connectivity index (χ2v) is 5.87. The van der Waals surface area contributed by atoms with E-state index in [1.165, 1.54) is 11.9 Å². The molecule has 0 aromatic rings. The van der Waals surface area contributed by atoms with Crippen molar-refractivity contribution in [1.29, 1.82) is 0 Å². The number of rotatable bonds is 8. The quantitative estimate of drug-likeness (QED) is 0.548. The van der Waals surface area contributed by atoms with Crippen molar-refractivity contribution in [3.05, 3.63) is 12.7 Å². The summed E-state index contributed by atoms with van der Waals surface area (Å²) in [6.45, 7) is 8.90. The second-order valence-electron chi connectivity index (χ2n) is 5.87. The van der Waals surface area contributed by atoms with Crippen LogP contribution in [0.5, 0.6) is 0 Å². The van der Waals surface area contributed by atoms with Crippen LogP contribution in [0.4, 0.5) is 4.79 Å². The van der Waals surface area contributed by atoms with Crippen LogP contribution < -0.4 is 0 Å². The molecule has 1 amide bonds. The molecule has 0 saturated heterocycles. The van der Waals surface area contributed by atoms with Crippen LogP contribution in [-0.4, -0.2) is 40.8 Å². The summed E-state index contributed by atoms with van der Waals surface area (Å²) >= 11 is 0. The van der Waals surface area contributed by atoms with Crippen LogP contribution in [0.2, 0.25) is 0 Å². The standard InChI is InChI=1S/C15H27NO4/c1-6-7-8-9-10-11-12(13(17)18)16(5)14(19)20-15(2,3)4/h6,12H,1,7-11H2,2-5H3,(H,17,18)/t12-/m0/s1. The number of hydrogen-bond donors (Lipinski definition) is 1. The number of carbonyl (C=O) groups excluding carboxylic acids is 1. The molecule has 0 heterocycles. The molecule has 0 aromatic carbocycles. The Kier molecular flexibility index (Phi) is 7.96. The van der Waals surface area contributed by atoms with E-state index in [4.69, 9.17) is 4.74 Å². The van der Waals surface area contributed by atoms with Gasteiger partial charge in [0.2, 0.25) is 0 Å².